The second kappa shape index (κ2) is 7.37. The van der Waals surface area contributed by atoms with Crippen LogP contribution in [0, 0.1) is 27.7 Å². The molecule has 2 aromatic heterocycles. The predicted octanol–water partition coefficient (Wildman–Crippen LogP) is 5.27. The summed E-state index contributed by atoms with van der Waals surface area (Å²) in [7, 11) is 0. The highest BCUT2D eigenvalue weighted by molar-refractivity contribution is 7.16. The molecule has 0 fully saturated rings. The molecule has 1 aromatic carbocycles. The molecule has 2 heterocycles. The number of rotatable bonds is 5. The van der Waals surface area contributed by atoms with Crippen LogP contribution in [0.2, 0.25) is 0 Å². The zero-order valence-corrected chi connectivity index (χ0v) is 16.3. The molecule has 0 saturated heterocycles. The summed E-state index contributed by atoms with van der Waals surface area (Å²) in [6.45, 7) is 8.50. The van der Waals surface area contributed by atoms with E-state index in [1.165, 1.54) is 28.2 Å². The van der Waals surface area contributed by atoms with E-state index in [-0.39, 0.29) is 5.91 Å². The molecule has 6 heteroatoms. The highest BCUT2D eigenvalue weighted by Gasteiger charge is 2.13. The Bertz CT molecular complexity index is 893. The van der Waals surface area contributed by atoms with Crippen LogP contribution in [0.25, 0.3) is 0 Å². The van der Waals surface area contributed by atoms with Gasteiger partial charge >= 0.3 is 0 Å². The highest BCUT2D eigenvalue weighted by Crippen LogP contribution is 2.25. The number of carbonyl (C=O) groups is 1. The summed E-state index contributed by atoms with van der Waals surface area (Å²) in [5.41, 5.74) is 4.29. The van der Waals surface area contributed by atoms with Crippen molar-refractivity contribution in [1.29, 1.82) is 0 Å². The van der Waals surface area contributed by atoms with Gasteiger partial charge in [-0.05, 0) is 56.3 Å². The molecule has 0 aliphatic carbocycles. The number of amides is 1. The van der Waals surface area contributed by atoms with Crippen molar-refractivity contribution in [2.24, 2.45) is 0 Å². The smallest absolute Gasteiger partial charge is 0.267 e. The fraction of sp³-hybridized carbons (Fsp3) is 0.263. The van der Waals surface area contributed by atoms with Crippen molar-refractivity contribution in [2.45, 2.75) is 34.3 Å². The van der Waals surface area contributed by atoms with Crippen molar-refractivity contribution >= 4 is 33.7 Å². The van der Waals surface area contributed by atoms with Crippen LogP contribution < -0.4 is 10.1 Å². The van der Waals surface area contributed by atoms with Gasteiger partial charge in [-0.1, -0.05) is 12.1 Å². The minimum atomic E-state index is -0.128. The summed E-state index contributed by atoms with van der Waals surface area (Å²) in [4.78, 5) is 18.5. The van der Waals surface area contributed by atoms with Crippen LogP contribution in [0.1, 0.15) is 36.9 Å². The van der Waals surface area contributed by atoms with Crippen molar-refractivity contribution in [3.05, 3.63) is 61.8 Å². The van der Waals surface area contributed by atoms with Crippen LogP contribution in [0.15, 0.2) is 29.6 Å². The van der Waals surface area contributed by atoms with Gasteiger partial charge in [0.1, 0.15) is 12.4 Å². The number of hydrogen-bond donors (Lipinski definition) is 1. The first-order valence-corrected chi connectivity index (χ1v) is 9.65. The van der Waals surface area contributed by atoms with Gasteiger partial charge in [0, 0.05) is 10.4 Å². The largest absolute Gasteiger partial charge is 0.489 e. The minimum Gasteiger partial charge on any atom is -0.489 e. The Labute approximate surface area is 155 Å². The topological polar surface area (TPSA) is 51.2 Å². The molecular weight excluding hydrogens is 352 g/mol. The first-order chi connectivity index (χ1) is 11.9. The quantitative estimate of drug-likeness (QED) is 0.664. The second-order valence-corrected chi connectivity index (χ2v) is 8.04. The third kappa shape index (κ3) is 4.08. The minimum absolute atomic E-state index is 0.128. The van der Waals surface area contributed by atoms with Crippen molar-refractivity contribution in [3.63, 3.8) is 0 Å². The van der Waals surface area contributed by atoms with E-state index in [1.807, 2.05) is 37.4 Å². The van der Waals surface area contributed by atoms with E-state index in [0.29, 0.717) is 16.6 Å². The number of nitrogens with zero attached hydrogens (tertiary/aromatic N) is 1. The van der Waals surface area contributed by atoms with Crippen molar-refractivity contribution in [2.75, 3.05) is 5.32 Å². The number of carbonyl (C=O) groups excluding carboxylic acids is 1. The van der Waals surface area contributed by atoms with Gasteiger partial charge in [-0.3, -0.25) is 10.1 Å². The third-order valence-electron chi connectivity index (χ3n) is 4.08. The molecule has 0 radical (unpaired) electrons. The summed E-state index contributed by atoms with van der Waals surface area (Å²) < 4.78 is 5.90. The van der Waals surface area contributed by atoms with E-state index in [1.54, 1.807) is 0 Å². The monoisotopic (exact) mass is 372 g/mol. The van der Waals surface area contributed by atoms with Gasteiger partial charge in [0.15, 0.2) is 5.13 Å². The van der Waals surface area contributed by atoms with E-state index in [0.717, 1.165) is 27.4 Å². The average molecular weight is 373 g/mol. The normalized spacial score (nSPS) is 10.7. The number of aryl methyl sites for hydroxylation is 3. The van der Waals surface area contributed by atoms with E-state index in [2.05, 4.69) is 30.2 Å². The van der Waals surface area contributed by atoms with Crippen molar-refractivity contribution in [1.82, 2.24) is 4.98 Å². The van der Waals surface area contributed by atoms with Crippen LogP contribution in [-0.4, -0.2) is 10.9 Å². The third-order valence-corrected chi connectivity index (χ3v) is 6.04. The molecule has 130 valence electrons. The number of aromatic nitrogens is 1. The lowest BCUT2D eigenvalue weighted by atomic mass is 10.1. The maximum Gasteiger partial charge on any atom is 0.267 e. The number of ether oxygens (including phenoxy) is 1. The molecule has 1 N–H and O–H groups in total. The van der Waals surface area contributed by atoms with Crippen LogP contribution in [0.3, 0.4) is 0 Å². The number of thiazole rings is 1. The molecule has 3 aromatic rings. The Morgan fingerprint density at radius 1 is 1.24 bits per heavy atom. The fourth-order valence-electron chi connectivity index (χ4n) is 2.30. The summed E-state index contributed by atoms with van der Waals surface area (Å²) in [6.07, 6.45) is 0. The molecular formula is C19H20N2O2S2. The number of benzene rings is 1. The lowest BCUT2D eigenvalue weighted by Gasteiger charge is -2.09. The number of thiophene rings is 1. The molecule has 25 heavy (non-hydrogen) atoms. The van der Waals surface area contributed by atoms with Gasteiger partial charge in [0.25, 0.3) is 5.91 Å². The Balaban J connectivity index is 1.63. The van der Waals surface area contributed by atoms with Crippen LogP contribution in [-0.2, 0) is 6.61 Å². The van der Waals surface area contributed by atoms with Gasteiger partial charge in [0.05, 0.1) is 10.6 Å². The van der Waals surface area contributed by atoms with Crippen molar-refractivity contribution in [3.8, 4) is 5.75 Å². The first kappa shape index (κ1) is 17.6. The summed E-state index contributed by atoms with van der Waals surface area (Å²) in [5, 5.41) is 5.46. The molecule has 0 saturated carbocycles. The standard InChI is InChI=1S/C19H20N2O2S2/c1-11-6-5-7-16(12(11)2)23-9-15-8-17(24-10-15)18(22)21-19-20-13(3)14(4)25-19/h5-8,10H,9H2,1-4H3,(H,20,21,22). The SMILES string of the molecule is Cc1cccc(OCc2csc(C(=O)Nc3nc(C)c(C)s3)c2)c1C. The van der Waals surface area contributed by atoms with Gasteiger partial charge in [-0.25, -0.2) is 4.98 Å². The molecule has 1 amide bonds. The highest BCUT2D eigenvalue weighted by atomic mass is 32.1. The number of hydrogen-bond acceptors (Lipinski definition) is 5. The van der Waals surface area contributed by atoms with Crippen LogP contribution in [0.4, 0.5) is 5.13 Å². The zero-order valence-electron chi connectivity index (χ0n) is 14.7. The van der Waals surface area contributed by atoms with E-state index in [9.17, 15) is 4.79 Å². The van der Waals surface area contributed by atoms with Gasteiger partial charge in [-0.2, -0.15) is 0 Å². The lowest BCUT2D eigenvalue weighted by molar-refractivity contribution is 0.103. The maximum absolute atomic E-state index is 12.3. The fourth-order valence-corrected chi connectivity index (χ4v) is 3.90. The van der Waals surface area contributed by atoms with Gasteiger partial charge < -0.3 is 4.74 Å². The Morgan fingerprint density at radius 2 is 2.04 bits per heavy atom. The Morgan fingerprint density at radius 3 is 2.76 bits per heavy atom. The summed E-state index contributed by atoms with van der Waals surface area (Å²) in [5.74, 6) is 0.752. The van der Waals surface area contributed by atoms with Crippen LogP contribution >= 0.6 is 22.7 Å². The number of nitrogens with one attached hydrogen (secondary N) is 1. The maximum atomic E-state index is 12.3. The van der Waals surface area contributed by atoms with E-state index >= 15 is 0 Å². The van der Waals surface area contributed by atoms with Gasteiger partial charge in [0.2, 0.25) is 0 Å². The summed E-state index contributed by atoms with van der Waals surface area (Å²) >= 11 is 2.91. The van der Waals surface area contributed by atoms with Gasteiger partial charge in [-0.15, -0.1) is 22.7 Å². The Kier molecular flexibility index (Phi) is 5.20. The second-order valence-electron chi connectivity index (χ2n) is 5.92. The molecule has 0 spiro atoms. The molecule has 0 bridgehead atoms. The molecule has 0 atom stereocenters. The molecule has 0 aliphatic heterocycles. The molecule has 0 unspecified atom stereocenters. The molecule has 3 rings (SSSR count). The van der Waals surface area contributed by atoms with Crippen molar-refractivity contribution < 1.29 is 9.53 Å². The first-order valence-electron chi connectivity index (χ1n) is 7.96. The average Bonchev–Trinajstić information content (AvgIpc) is 3.16. The van der Waals surface area contributed by atoms with Crippen LogP contribution in [0.5, 0.6) is 5.75 Å². The van der Waals surface area contributed by atoms with E-state index in [4.69, 9.17) is 4.74 Å². The zero-order chi connectivity index (χ0) is 18.0. The molecule has 4 nitrogen and oxygen atoms in total. The van der Waals surface area contributed by atoms with E-state index < -0.39 is 0 Å². The predicted molar refractivity (Wildman–Crippen MR) is 104 cm³/mol. The summed E-state index contributed by atoms with van der Waals surface area (Å²) in [6, 6.07) is 7.90. The lowest BCUT2D eigenvalue weighted by Crippen LogP contribution is -2.09. The Hall–Kier alpha value is -2.18. The molecule has 0 aliphatic rings. The number of anilines is 1.